The summed E-state index contributed by atoms with van der Waals surface area (Å²) >= 11 is 1.34. The number of nitrogens with zero attached hydrogens (tertiary/aromatic N) is 4. The average molecular weight is 409 g/mol. The van der Waals surface area contributed by atoms with Gasteiger partial charge in [0.1, 0.15) is 18.1 Å². The minimum atomic E-state index is -0.195. The third-order valence-electron chi connectivity index (χ3n) is 4.98. The summed E-state index contributed by atoms with van der Waals surface area (Å²) in [7, 11) is 0. The van der Waals surface area contributed by atoms with E-state index in [0.717, 1.165) is 24.4 Å². The van der Waals surface area contributed by atoms with Crippen LogP contribution in [0.2, 0.25) is 0 Å². The second-order valence-electron chi connectivity index (χ2n) is 7.11. The van der Waals surface area contributed by atoms with Crippen LogP contribution in [0.15, 0.2) is 52.2 Å². The van der Waals surface area contributed by atoms with E-state index in [-0.39, 0.29) is 24.1 Å². The molecule has 0 atom stereocenters. The number of furan rings is 1. The fourth-order valence-electron chi connectivity index (χ4n) is 3.42. The van der Waals surface area contributed by atoms with Gasteiger partial charge in [0.25, 0.3) is 0 Å². The zero-order valence-electron chi connectivity index (χ0n) is 15.6. The molecule has 2 aromatic heterocycles. The standard InChI is InChI=1S/C20H19N5O3S/c26-17-11-24(16-6-2-1-5-15(16)21-17)18(27)12-29-20-23-22-19(13-7-8-13)25(20)10-14-4-3-9-28-14/h1-6,9,13H,7-8,10-12H2,(H,21,26). The van der Waals surface area contributed by atoms with Gasteiger partial charge in [-0.3, -0.25) is 14.2 Å². The predicted molar refractivity (Wildman–Crippen MR) is 108 cm³/mol. The summed E-state index contributed by atoms with van der Waals surface area (Å²) in [6.45, 7) is 0.556. The molecule has 0 spiro atoms. The predicted octanol–water partition coefficient (Wildman–Crippen LogP) is 2.87. The highest BCUT2D eigenvalue weighted by Gasteiger charge is 2.31. The van der Waals surface area contributed by atoms with Crippen molar-refractivity contribution in [2.24, 2.45) is 0 Å². The number of fused-ring (bicyclic) bond motifs is 1. The molecule has 1 aromatic carbocycles. The minimum absolute atomic E-state index is 0.0167. The Kier molecular flexibility index (Phi) is 4.59. The minimum Gasteiger partial charge on any atom is -0.467 e. The first-order valence-electron chi connectivity index (χ1n) is 9.46. The molecule has 0 radical (unpaired) electrons. The molecule has 3 aromatic rings. The van der Waals surface area contributed by atoms with Gasteiger partial charge in [-0.25, -0.2) is 0 Å². The van der Waals surface area contributed by atoms with Crippen molar-refractivity contribution in [1.82, 2.24) is 14.8 Å². The van der Waals surface area contributed by atoms with Crippen LogP contribution in [-0.4, -0.2) is 38.9 Å². The van der Waals surface area contributed by atoms with Crippen LogP contribution in [0.1, 0.15) is 30.3 Å². The zero-order chi connectivity index (χ0) is 19.8. The molecule has 1 aliphatic heterocycles. The zero-order valence-corrected chi connectivity index (χ0v) is 16.4. The molecule has 1 aliphatic carbocycles. The van der Waals surface area contributed by atoms with E-state index in [0.29, 0.717) is 29.0 Å². The van der Waals surface area contributed by atoms with E-state index < -0.39 is 0 Å². The number of aromatic nitrogens is 3. The van der Waals surface area contributed by atoms with E-state index >= 15 is 0 Å². The van der Waals surface area contributed by atoms with Crippen LogP contribution < -0.4 is 10.2 Å². The van der Waals surface area contributed by atoms with Crippen LogP contribution in [0.4, 0.5) is 11.4 Å². The van der Waals surface area contributed by atoms with Crippen LogP contribution in [0, 0.1) is 0 Å². The lowest BCUT2D eigenvalue weighted by Crippen LogP contribution is -2.43. The fourth-order valence-corrected chi connectivity index (χ4v) is 4.24. The number of carbonyl (C=O) groups excluding carboxylic acids is 2. The van der Waals surface area contributed by atoms with Crippen LogP contribution in [-0.2, 0) is 16.1 Å². The fraction of sp³-hybridized carbons (Fsp3) is 0.300. The third-order valence-corrected chi connectivity index (χ3v) is 5.93. The van der Waals surface area contributed by atoms with Crippen LogP contribution in [0.25, 0.3) is 0 Å². The van der Waals surface area contributed by atoms with Gasteiger partial charge in [-0.1, -0.05) is 23.9 Å². The lowest BCUT2D eigenvalue weighted by molar-refractivity contribution is -0.120. The Morgan fingerprint density at radius 2 is 2.07 bits per heavy atom. The van der Waals surface area contributed by atoms with E-state index in [1.807, 2.05) is 34.9 Å². The number of nitrogens with one attached hydrogen (secondary N) is 1. The quantitative estimate of drug-likeness (QED) is 0.629. The second-order valence-corrected chi connectivity index (χ2v) is 8.06. The Labute approximate surface area is 171 Å². The molecule has 29 heavy (non-hydrogen) atoms. The molecule has 9 heteroatoms. The van der Waals surface area contributed by atoms with Crippen LogP contribution >= 0.6 is 11.8 Å². The lowest BCUT2D eigenvalue weighted by Gasteiger charge is -2.29. The van der Waals surface area contributed by atoms with Gasteiger partial charge in [0, 0.05) is 5.92 Å². The number of amides is 2. The highest BCUT2D eigenvalue weighted by Crippen LogP contribution is 2.40. The van der Waals surface area contributed by atoms with Gasteiger partial charge < -0.3 is 14.6 Å². The highest BCUT2D eigenvalue weighted by molar-refractivity contribution is 7.99. The molecule has 0 bridgehead atoms. The molecule has 2 amide bonds. The van der Waals surface area contributed by atoms with E-state index in [2.05, 4.69) is 15.5 Å². The number of hydrogen-bond donors (Lipinski definition) is 1. The molecular formula is C20H19N5O3S. The van der Waals surface area contributed by atoms with Gasteiger partial charge in [-0.2, -0.15) is 0 Å². The van der Waals surface area contributed by atoms with Crippen molar-refractivity contribution in [3.8, 4) is 0 Å². The van der Waals surface area contributed by atoms with E-state index in [1.54, 1.807) is 12.3 Å². The second kappa shape index (κ2) is 7.40. The monoisotopic (exact) mass is 409 g/mol. The van der Waals surface area contributed by atoms with E-state index in [1.165, 1.54) is 16.7 Å². The molecule has 1 N–H and O–H groups in total. The van der Waals surface area contributed by atoms with E-state index in [4.69, 9.17) is 4.42 Å². The average Bonchev–Trinajstić information content (AvgIpc) is 3.29. The van der Waals surface area contributed by atoms with Gasteiger partial charge in [0.2, 0.25) is 11.8 Å². The summed E-state index contributed by atoms with van der Waals surface area (Å²) in [5, 5.41) is 12.2. The number of para-hydroxylation sites is 2. The number of anilines is 2. The Morgan fingerprint density at radius 1 is 1.21 bits per heavy atom. The normalized spacial score (nSPS) is 15.9. The number of thioether (sulfide) groups is 1. The van der Waals surface area contributed by atoms with Crippen molar-refractivity contribution in [2.75, 3.05) is 22.5 Å². The summed E-state index contributed by atoms with van der Waals surface area (Å²) < 4.78 is 7.52. The maximum atomic E-state index is 12.9. The number of carbonyl (C=O) groups is 2. The largest absolute Gasteiger partial charge is 0.467 e. The van der Waals surface area contributed by atoms with Crippen LogP contribution in [0.3, 0.4) is 0 Å². The molecule has 3 heterocycles. The van der Waals surface area contributed by atoms with Crippen molar-refractivity contribution >= 4 is 35.0 Å². The maximum Gasteiger partial charge on any atom is 0.244 e. The number of hydrogen-bond acceptors (Lipinski definition) is 6. The molecule has 1 saturated carbocycles. The van der Waals surface area contributed by atoms with Crippen molar-refractivity contribution in [2.45, 2.75) is 30.5 Å². The van der Waals surface area contributed by atoms with Crippen molar-refractivity contribution in [3.05, 3.63) is 54.2 Å². The number of benzene rings is 1. The molecule has 0 saturated heterocycles. The first-order chi connectivity index (χ1) is 14.2. The van der Waals surface area contributed by atoms with Gasteiger partial charge in [0.05, 0.1) is 29.9 Å². The SMILES string of the molecule is O=C1CN(C(=O)CSc2nnc(C3CC3)n2Cc2ccco2)c2ccccc2N1. The molecular weight excluding hydrogens is 390 g/mol. The molecule has 8 nitrogen and oxygen atoms in total. The topological polar surface area (TPSA) is 93.3 Å². The van der Waals surface area contributed by atoms with Gasteiger partial charge in [0.15, 0.2) is 5.16 Å². The van der Waals surface area contributed by atoms with Crippen molar-refractivity contribution in [1.29, 1.82) is 0 Å². The molecule has 5 rings (SSSR count). The molecule has 1 fully saturated rings. The first kappa shape index (κ1) is 18.0. The Morgan fingerprint density at radius 3 is 2.86 bits per heavy atom. The first-order valence-corrected chi connectivity index (χ1v) is 10.4. The summed E-state index contributed by atoms with van der Waals surface area (Å²) in [5.74, 6) is 2.03. The molecule has 0 unspecified atom stereocenters. The lowest BCUT2D eigenvalue weighted by atomic mass is 10.2. The van der Waals surface area contributed by atoms with Crippen molar-refractivity contribution in [3.63, 3.8) is 0 Å². The summed E-state index contributed by atoms with van der Waals surface area (Å²) in [4.78, 5) is 26.4. The maximum absolute atomic E-state index is 12.9. The number of rotatable bonds is 6. The Bertz CT molecular complexity index is 1060. The highest BCUT2D eigenvalue weighted by atomic mass is 32.2. The Balaban J connectivity index is 1.34. The summed E-state index contributed by atoms with van der Waals surface area (Å²) in [5.41, 5.74) is 1.37. The van der Waals surface area contributed by atoms with Crippen molar-refractivity contribution < 1.29 is 14.0 Å². The van der Waals surface area contributed by atoms with Gasteiger partial charge in [-0.05, 0) is 37.1 Å². The smallest absolute Gasteiger partial charge is 0.244 e. The molecule has 148 valence electrons. The van der Waals surface area contributed by atoms with Gasteiger partial charge in [-0.15, -0.1) is 10.2 Å². The Hall–Kier alpha value is -3.07. The van der Waals surface area contributed by atoms with Gasteiger partial charge >= 0.3 is 0 Å². The van der Waals surface area contributed by atoms with Crippen LogP contribution in [0.5, 0.6) is 0 Å². The molecule has 2 aliphatic rings. The van der Waals surface area contributed by atoms with E-state index in [9.17, 15) is 9.59 Å². The third kappa shape index (κ3) is 3.65. The summed E-state index contributed by atoms with van der Waals surface area (Å²) in [6, 6.07) is 11.1. The summed E-state index contributed by atoms with van der Waals surface area (Å²) in [6.07, 6.45) is 3.87.